The van der Waals surface area contributed by atoms with Crippen LogP contribution in [-0.2, 0) is 16.6 Å². The molecule has 2 heterocycles. The summed E-state index contributed by atoms with van der Waals surface area (Å²) in [6.07, 6.45) is 1.60. The first-order valence-electron chi connectivity index (χ1n) is 9.45. The van der Waals surface area contributed by atoms with Crippen molar-refractivity contribution in [2.75, 3.05) is 32.7 Å². The lowest BCUT2D eigenvalue weighted by Crippen LogP contribution is -2.49. The lowest BCUT2D eigenvalue weighted by molar-refractivity contribution is 0.0938. The van der Waals surface area contributed by atoms with E-state index >= 15 is 0 Å². The number of benzene rings is 1. The Hall–Kier alpha value is -2.37. The molecule has 158 valence electrons. The molecule has 0 aliphatic carbocycles. The van der Waals surface area contributed by atoms with E-state index in [9.17, 15) is 17.6 Å². The van der Waals surface area contributed by atoms with Gasteiger partial charge in [-0.1, -0.05) is 5.21 Å². The van der Waals surface area contributed by atoms with E-state index in [1.807, 2.05) is 13.8 Å². The fourth-order valence-electron chi connectivity index (χ4n) is 3.04. The number of aromatic nitrogens is 3. The second-order valence-corrected chi connectivity index (χ2v) is 9.13. The Labute approximate surface area is 169 Å². The normalized spacial score (nSPS) is 16.3. The smallest absolute Gasteiger partial charge is 0.273 e. The van der Waals surface area contributed by atoms with Crippen molar-refractivity contribution >= 4 is 15.9 Å². The van der Waals surface area contributed by atoms with Crippen LogP contribution in [-0.4, -0.2) is 77.3 Å². The minimum Gasteiger partial charge on any atom is -0.348 e. The Kier molecular flexibility index (Phi) is 6.60. The monoisotopic (exact) mass is 424 g/mol. The van der Waals surface area contributed by atoms with Crippen molar-refractivity contribution in [1.82, 2.24) is 29.5 Å². The van der Waals surface area contributed by atoms with E-state index in [4.69, 9.17) is 0 Å². The second-order valence-electron chi connectivity index (χ2n) is 7.19. The molecule has 11 heteroatoms. The van der Waals surface area contributed by atoms with Crippen LogP contribution >= 0.6 is 0 Å². The molecular weight excluding hydrogens is 399 g/mol. The van der Waals surface area contributed by atoms with Crippen molar-refractivity contribution in [3.8, 4) is 0 Å². The molecule has 1 aromatic heterocycles. The maximum Gasteiger partial charge on any atom is 0.273 e. The molecule has 0 bridgehead atoms. The Morgan fingerprint density at radius 2 is 1.79 bits per heavy atom. The van der Waals surface area contributed by atoms with Gasteiger partial charge < -0.3 is 5.32 Å². The summed E-state index contributed by atoms with van der Waals surface area (Å²) in [5.41, 5.74) is 0.272. The topological polar surface area (TPSA) is 100 Å². The number of rotatable bonds is 7. The summed E-state index contributed by atoms with van der Waals surface area (Å²) in [6, 6.07) is 4.90. The number of nitrogens with zero attached hydrogens (tertiary/aromatic N) is 5. The fraction of sp³-hybridized carbons (Fsp3) is 0.500. The third-order valence-corrected chi connectivity index (χ3v) is 6.53. The van der Waals surface area contributed by atoms with Gasteiger partial charge in [0, 0.05) is 38.8 Å². The van der Waals surface area contributed by atoms with Crippen LogP contribution in [0.25, 0.3) is 0 Å². The van der Waals surface area contributed by atoms with Gasteiger partial charge in [0.05, 0.1) is 17.6 Å². The zero-order valence-electron chi connectivity index (χ0n) is 16.5. The highest BCUT2D eigenvalue weighted by Gasteiger charge is 2.28. The molecule has 0 radical (unpaired) electrons. The highest BCUT2D eigenvalue weighted by atomic mass is 32.2. The first-order chi connectivity index (χ1) is 13.8. The summed E-state index contributed by atoms with van der Waals surface area (Å²) in [5, 5.41) is 10.6. The molecule has 1 saturated heterocycles. The third kappa shape index (κ3) is 5.37. The molecule has 1 aliphatic rings. The molecule has 1 aliphatic heterocycles. The van der Waals surface area contributed by atoms with Crippen molar-refractivity contribution in [3.05, 3.63) is 42.0 Å². The molecule has 1 fully saturated rings. The molecule has 1 amide bonds. The molecule has 2 aromatic rings. The number of piperazine rings is 1. The van der Waals surface area contributed by atoms with Gasteiger partial charge in [0.2, 0.25) is 10.0 Å². The van der Waals surface area contributed by atoms with Gasteiger partial charge in [0.1, 0.15) is 5.82 Å². The quantitative estimate of drug-likeness (QED) is 0.697. The van der Waals surface area contributed by atoms with Crippen LogP contribution in [0, 0.1) is 5.82 Å². The van der Waals surface area contributed by atoms with E-state index in [1.54, 1.807) is 10.9 Å². The first-order valence-corrected chi connectivity index (χ1v) is 10.9. The standard InChI is InChI=1S/C18H25FN6O3S/c1-14(2)20-18(26)17-13-24(22-21-17)10-7-23-8-11-25(12-9-23)29(27,28)16-5-3-15(19)4-6-16/h3-6,13-14H,7-12H2,1-2H3,(H,20,26). The SMILES string of the molecule is CC(C)NC(=O)c1cn(CCN2CCN(S(=O)(=O)c3ccc(F)cc3)CC2)nn1. The first kappa shape index (κ1) is 21.3. The molecule has 0 unspecified atom stereocenters. The summed E-state index contributed by atoms with van der Waals surface area (Å²) >= 11 is 0. The van der Waals surface area contributed by atoms with Crippen LogP contribution in [0.4, 0.5) is 4.39 Å². The highest BCUT2D eigenvalue weighted by Crippen LogP contribution is 2.18. The van der Waals surface area contributed by atoms with E-state index in [1.165, 1.54) is 16.4 Å². The van der Waals surface area contributed by atoms with Gasteiger partial charge in [0.15, 0.2) is 5.69 Å². The third-order valence-electron chi connectivity index (χ3n) is 4.62. The van der Waals surface area contributed by atoms with Gasteiger partial charge in [-0.3, -0.25) is 14.4 Å². The molecule has 0 atom stereocenters. The van der Waals surface area contributed by atoms with Gasteiger partial charge in [-0.15, -0.1) is 5.10 Å². The van der Waals surface area contributed by atoms with Crippen molar-refractivity contribution in [2.24, 2.45) is 0 Å². The summed E-state index contributed by atoms with van der Waals surface area (Å²) in [5.74, 6) is -0.724. The molecule has 1 aromatic carbocycles. The molecule has 1 N–H and O–H groups in total. The van der Waals surface area contributed by atoms with Crippen molar-refractivity contribution in [3.63, 3.8) is 0 Å². The minimum absolute atomic E-state index is 0.0233. The number of hydrogen-bond acceptors (Lipinski definition) is 6. The van der Waals surface area contributed by atoms with E-state index in [0.717, 1.165) is 12.1 Å². The van der Waals surface area contributed by atoms with Crippen LogP contribution in [0.3, 0.4) is 0 Å². The zero-order valence-corrected chi connectivity index (χ0v) is 17.3. The Morgan fingerprint density at radius 1 is 1.14 bits per heavy atom. The molecule has 29 heavy (non-hydrogen) atoms. The number of carbonyl (C=O) groups excluding carboxylic acids is 1. The van der Waals surface area contributed by atoms with Crippen molar-refractivity contribution < 1.29 is 17.6 Å². The average Bonchev–Trinajstić information content (AvgIpc) is 3.16. The Bertz CT molecular complexity index is 937. The molecule has 0 saturated carbocycles. The predicted molar refractivity (Wildman–Crippen MR) is 104 cm³/mol. The van der Waals surface area contributed by atoms with Crippen LogP contribution < -0.4 is 5.32 Å². The average molecular weight is 425 g/mol. The van der Waals surface area contributed by atoms with Crippen LogP contribution in [0.2, 0.25) is 0 Å². The van der Waals surface area contributed by atoms with Crippen molar-refractivity contribution in [2.45, 2.75) is 31.3 Å². The molecule has 9 nitrogen and oxygen atoms in total. The van der Waals surface area contributed by atoms with Gasteiger partial charge in [-0.05, 0) is 38.1 Å². The molecule has 3 rings (SSSR count). The van der Waals surface area contributed by atoms with Gasteiger partial charge in [0.25, 0.3) is 5.91 Å². The second kappa shape index (κ2) is 8.97. The van der Waals surface area contributed by atoms with Gasteiger partial charge >= 0.3 is 0 Å². The summed E-state index contributed by atoms with van der Waals surface area (Å²) in [4.78, 5) is 14.1. The Balaban J connectivity index is 1.50. The summed E-state index contributed by atoms with van der Waals surface area (Å²) < 4.78 is 41.4. The van der Waals surface area contributed by atoms with Crippen LogP contribution in [0.5, 0.6) is 0 Å². The van der Waals surface area contributed by atoms with E-state index in [0.29, 0.717) is 39.3 Å². The number of halogens is 1. The maximum absolute atomic E-state index is 13.0. The number of nitrogens with one attached hydrogen (secondary N) is 1. The number of amides is 1. The lowest BCUT2D eigenvalue weighted by Gasteiger charge is -2.33. The number of carbonyl (C=O) groups is 1. The van der Waals surface area contributed by atoms with E-state index in [2.05, 4.69) is 20.5 Å². The number of sulfonamides is 1. The Morgan fingerprint density at radius 3 is 2.41 bits per heavy atom. The lowest BCUT2D eigenvalue weighted by atomic mass is 10.3. The van der Waals surface area contributed by atoms with Gasteiger partial charge in [-0.2, -0.15) is 4.31 Å². The zero-order chi connectivity index (χ0) is 21.0. The van der Waals surface area contributed by atoms with Gasteiger partial charge in [-0.25, -0.2) is 12.8 Å². The highest BCUT2D eigenvalue weighted by molar-refractivity contribution is 7.89. The fourth-order valence-corrected chi connectivity index (χ4v) is 4.46. The summed E-state index contributed by atoms with van der Waals surface area (Å²) in [6.45, 7) is 6.84. The number of hydrogen-bond donors (Lipinski definition) is 1. The van der Waals surface area contributed by atoms with Crippen molar-refractivity contribution in [1.29, 1.82) is 0 Å². The summed E-state index contributed by atoms with van der Waals surface area (Å²) in [7, 11) is -3.62. The van der Waals surface area contributed by atoms with Crippen LogP contribution in [0.1, 0.15) is 24.3 Å². The molecular formula is C18H25FN6O3S. The minimum atomic E-state index is -3.62. The largest absolute Gasteiger partial charge is 0.348 e. The van der Waals surface area contributed by atoms with E-state index < -0.39 is 15.8 Å². The van der Waals surface area contributed by atoms with E-state index in [-0.39, 0.29) is 22.5 Å². The maximum atomic E-state index is 13.0. The van der Waals surface area contributed by atoms with Crippen LogP contribution in [0.15, 0.2) is 35.4 Å². The molecule has 0 spiro atoms. The predicted octanol–water partition coefficient (Wildman–Crippen LogP) is 0.562.